The minimum atomic E-state index is 0.226. The Kier molecular flexibility index (Phi) is 8.20. The van der Waals surface area contributed by atoms with Crippen molar-refractivity contribution in [2.24, 2.45) is 11.8 Å². The number of hydrogen-bond donors (Lipinski definition) is 2. The summed E-state index contributed by atoms with van der Waals surface area (Å²) in [5, 5.41) is 6.52. The molecular formula is C17H33N3O2. The Morgan fingerprint density at radius 2 is 2.18 bits per heavy atom. The van der Waals surface area contributed by atoms with Crippen LogP contribution in [0.25, 0.3) is 0 Å². The van der Waals surface area contributed by atoms with E-state index >= 15 is 0 Å². The molecule has 5 heteroatoms. The molecule has 0 bridgehead atoms. The molecule has 0 saturated carbocycles. The van der Waals surface area contributed by atoms with Crippen molar-refractivity contribution in [2.75, 3.05) is 52.5 Å². The Morgan fingerprint density at radius 1 is 1.36 bits per heavy atom. The molecule has 2 fully saturated rings. The van der Waals surface area contributed by atoms with Crippen molar-refractivity contribution in [3.05, 3.63) is 0 Å². The first kappa shape index (κ1) is 17.7. The van der Waals surface area contributed by atoms with E-state index in [0.29, 0.717) is 18.3 Å². The third-order valence-corrected chi connectivity index (χ3v) is 4.97. The maximum atomic E-state index is 12.0. The highest BCUT2D eigenvalue weighted by atomic mass is 16.5. The molecule has 2 atom stereocenters. The van der Waals surface area contributed by atoms with Gasteiger partial charge in [0.25, 0.3) is 0 Å². The Balaban J connectivity index is 1.48. The molecule has 2 heterocycles. The summed E-state index contributed by atoms with van der Waals surface area (Å²) >= 11 is 0. The summed E-state index contributed by atoms with van der Waals surface area (Å²) in [4.78, 5) is 14.5. The molecule has 0 aromatic heterocycles. The van der Waals surface area contributed by atoms with E-state index in [0.717, 1.165) is 65.3 Å². The molecule has 2 rings (SSSR count). The predicted molar refractivity (Wildman–Crippen MR) is 88.9 cm³/mol. The van der Waals surface area contributed by atoms with Crippen LogP contribution in [0.15, 0.2) is 0 Å². The minimum absolute atomic E-state index is 0.226. The SMILES string of the molecule is CC(CC(=O)NCCCCN1CCOCC1)C1CCCNC1. The smallest absolute Gasteiger partial charge is 0.220 e. The molecule has 2 N–H and O–H groups in total. The summed E-state index contributed by atoms with van der Waals surface area (Å²) in [7, 11) is 0. The van der Waals surface area contributed by atoms with Crippen molar-refractivity contribution in [3.63, 3.8) is 0 Å². The fraction of sp³-hybridized carbons (Fsp3) is 0.941. The van der Waals surface area contributed by atoms with Crippen molar-refractivity contribution in [1.29, 1.82) is 0 Å². The monoisotopic (exact) mass is 311 g/mol. The summed E-state index contributed by atoms with van der Waals surface area (Å²) in [6, 6.07) is 0. The van der Waals surface area contributed by atoms with Gasteiger partial charge in [-0.05, 0) is 57.2 Å². The number of amides is 1. The van der Waals surface area contributed by atoms with Gasteiger partial charge in [0.05, 0.1) is 13.2 Å². The Hall–Kier alpha value is -0.650. The van der Waals surface area contributed by atoms with Gasteiger partial charge in [-0.1, -0.05) is 6.92 Å². The number of piperidine rings is 1. The summed E-state index contributed by atoms with van der Waals surface area (Å²) in [6.45, 7) is 10.2. The van der Waals surface area contributed by atoms with Gasteiger partial charge in [0.15, 0.2) is 0 Å². The van der Waals surface area contributed by atoms with Crippen molar-refractivity contribution < 1.29 is 9.53 Å². The first-order chi connectivity index (χ1) is 10.8. The van der Waals surface area contributed by atoms with Crippen molar-refractivity contribution in [2.45, 2.75) is 39.0 Å². The van der Waals surface area contributed by atoms with Gasteiger partial charge in [-0.25, -0.2) is 0 Å². The Bertz CT molecular complexity index is 313. The summed E-state index contributed by atoms with van der Waals surface area (Å²) < 4.78 is 5.34. The lowest BCUT2D eigenvalue weighted by atomic mass is 9.85. The van der Waals surface area contributed by atoms with Crippen LogP contribution < -0.4 is 10.6 Å². The van der Waals surface area contributed by atoms with Crippen LogP contribution in [0, 0.1) is 11.8 Å². The van der Waals surface area contributed by atoms with Gasteiger partial charge < -0.3 is 15.4 Å². The van der Waals surface area contributed by atoms with Crippen LogP contribution in [-0.4, -0.2) is 63.3 Å². The molecule has 2 saturated heterocycles. The molecule has 22 heavy (non-hydrogen) atoms. The lowest BCUT2D eigenvalue weighted by Gasteiger charge is -2.28. The van der Waals surface area contributed by atoms with Gasteiger partial charge in [-0.3, -0.25) is 9.69 Å². The molecule has 0 aromatic carbocycles. The van der Waals surface area contributed by atoms with Crippen LogP contribution in [0.2, 0.25) is 0 Å². The summed E-state index contributed by atoms with van der Waals surface area (Å²) in [5.74, 6) is 1.38. The number of carbonyl (C=O) groups excluding carboxylic acids is 1. The van der Waals surface area contributed by atoms with E-state index in [9.17, 15) is 4.79 Å². The van der Waals surface area contributed by atoms with Crippen LogP contribution in [0.5, 0.6) is 0 Å². The molecule has 0 radical (unpaired) electrons. The molecule has 0 aromatic rings. The van der Waals surface area contributed by atoms with Crippen LogP contribution in [0.1, 0.15) is 39.0 Å². The van der Waals surface area contributed by atoms with Gasteiger partial charge in [0.1, 0.15) is 0 Å². The highest BCUT2D eigenvalue weighted by molar-refractivity contribution is 5.76. The van der Waals surface area contributed by atoms with Crippen LogP contribution in [-0.2, 0) is 9.53 Å². The third kappa shape index (κ3) is 6.63. The number of hydrogen-bond acceptors (Lipinski definition) is 4. The zero-order valence-corrected chi connectivity index (χ0v) is 14.1. The van der Waals surface area contributed by atoms with Crippen molar-refractivity contribution in [1.82, 2.24) is 15.5 Å². The lowest BCUT2D eigenvalue weighted by molar-refractivity contribution is -0.122. The van der Waals surface area contributed by atoms with E-state index in [1.165, 1.54) is 12.8 Å². The number of rotatable bonds is 8. The van der Waals surface area contributed by atoms with Gasteiger partial charge in [-0.2, -0.15) is 0 Å². The van der Waals surface area contributed by atoms with Crippen LogP contribution >= 0.6 is 0 Å². The van der Waals surface area contributed by atoms with E-state index in [1.54, 1.807) is 0 Å². The summed E-state index contributed by atoms with van der Waals surface area (Å²) in [5.41, 5.74) is 0. The second-order valence-electron chi connectivity index (χ2n) is 6.80. The van der Waals surface area contributed by atoms with Crippen molar-refractivity contribution >= 4 is 5.91 Å². The second-order valence-corrected chi connectivity index (χ2v) is 6.80. The minimum Gasteiger partial charge on any atom is -0.379 e. The van der Waals surface area contributed by atoms with E-state index in [2.05, 4.69) is 22.5 Å². The molecule has 0 spiro atoms. The predicted octanol–water partition coefficient (Wildman–Crippen LogP) is 1.24. The average Bonchev–Trinajstić information content (AvgIpc) is 2.56. The first-order valence-electron chi connectivity index (χ1n) is 9.03. The first-order valence-corrected chi connectivity index (χ1v) is 9.03. The third-order valence-electron chi connectivity index (χ3n) is 4.97. The molecule has 128 valence electrons. The van der Waals surface area contributed by atoms with Gasteiger partial charge in [-0.15, -0.1) is 0 Å². The van der Waals surface area contributed by atoms with Crippen LogP contribution in [0.4, 0.5) is 0 Å². The van der Waals surface area contributed by atoms with E-state index < -0.39 is 0 Å². The lowest BCUT2D eigenvalue weighted by Crippen LogP contribution is -2.37. The van der Waals surface area contributed by atoms with Gasteiger partial charge >= 0.3 is 0 Å². The molecule has 1 amide bonds. The maximum Gasteiger partial charge on any atom is 0.220 e. The fourth-order valence-electron chi connectivity index (χ4n) is 3.41. The fourth-order valence-corrected chi connectivity index (χ4v) is 3.41. The molecule has 2 unspecified atom stereocenters. The molecule has 5 nitrogen and oxygen atoms in total. The average molecular weight is 311 g/mol. The molecular weight excluding hydrogens is 278 g/mol. The standard InChI is InChI=1S/C17H33N3O2/c1-15(16-5-4-6-18-14-16)13-17(21)19-7-2-3-8-20-9-11-22-12-10-20/h15-16,18H,2-14H2,1H3,(H,19,21). The molecule has 0 aliphatic carbocycles. The zero-order valence-electron chi connectivity index (χ0n) is 14.1. The molecule has 2 aliphatic heterocycles. The normalized spacial score (nSPS) is 24.9. The van der Waals surface area contributed by atoms with Gasteiger partial charge in [0.2, 0.25) is 5.91 Å². The number of nitrogens with one attached hydrogen (secondary N) is 2. The topological polar surface area (TPSA) is 53.6 Å². The van der Waals surface area contributed by atoms with E-state index in [-0.39, 0.29) is 5.91 Å². The quantitative estimate of drug-likeness (QED) is 0.662. The number of carbonyl (C=O) groups is 1. The number of unbranched alkanes of at least 4 members (excludes halogenated alkanes) is 1. The molecule has 2 aliphatic rings. The largest absolute Gasteiger partial charge is 0.379 e. The van der Waals surface area contributed by atoms with E-state index in [4.69, 9.17) is 4.74 Å². The maximum absolute atomic E-state index is 12.0. The highest BCUT2D eigenvalue weighted by Gasteiger charge is 2.21. The van der Waals surface area contributed by atoms with Crippen LogP contribution in [0.3, 0.4) is 0 Å². The Morgan fingerprint density at radius 3 is 2.91 bits per heavy atom. The van der Waals surface area contributed by atoms with E-state index in [1.807, 2.05) is 0 Å². The number of ether oxygens (including phenoxy) is 1. The van der Waals surface area contributed by atoms with Gasteiger partial charge in [0, 0.05) is 26.1 Å². The van der Waals surface area contributed by atoms with Crippen molar-refractivity contribution in [3.8, 4) is 0 Å². The highest BCUT2D eigenvalue weighted by Crippen LogP contribution is 2.22. The second kappa shape index (κ2) is 10.2. The number of morpholine rings is 1. The Labute approximate surface area is 135 Å². The zero-order chi connectivity index (χ0) is 15.6. The summed E-state index contributed by atoms with van der Waals surface area (Å²) in [6.07, 6.45) is 5.42. The number of nitrogens with zero attached hydrogens (tertiary/aromatic N) is 1.